The van der Waals surface area contributed by atoms with Crippen molar-refractivity contribution in [3.8, 4) is 11.8 Å². The van der Waals surface area contributed by atoms with E-state index in [-0.39, 0.29) is 5.78 Å². The topological polar surface area (TPSA) is 20.3 Å². The molecule has 28 heavy (non-hydrogen) atoms. The average Bonchev–Trinajstić information content (AvgIpc) is 2.77. The largest absolute Gasteiger partial charge is 0.344 e. The van der Waals surface area contributed by atoms with Gasteiger partial charge in [-0.05, 0) is 53.1 Å². The van der Waals surface area contributed by atoms with E-state index in [0.29, 0.717) is 5.56 Å². The molecule has 0 saturated carbocycles. The molecule has 0 bridgehead atoms. The number of Topliss-reactive ketones (excluding diaryl/α,β-unsaturated/α-hetero) is 1. The Balaban J connectivity index is 1.65. The number of para-hydroxylation sites is 2. The van der Waals surface area contributed by atoms with E-state index in [4.69, 9.17) is 0 Å². The molecule has 4 aromatic rings. The summed E-state index contributed by atoms with van der Waals surface area (Å²) in [5, 5.41) is 2.15. The molecule has 0 N–H and O–H groups in total. The van der Waals surface area contributed by atoms with Gasteiger partial charge >= 0.3 is 0 Å². The summed E-state index contributed by atoms with van der Waals surface area (Å²) < 4.78 is 0. The fourth-order valence-electron chi connectivity index (χ4n) is 3.19. The molecule has 0 atom stereocenters. The maximum Gasteiger partial charge on any atom is 0.236 e. The minimum Gasteiger partial charge on any atom is -0.344 e. The lowest BCUT2D eigenvalue weighted by Gasteiger charge is -2.20. The van der Waals surface area contributed by atoms with Crippen molar-refractivity contribution in [1.29, 1.82) is 0 Å². The summed E-state index contributed by atoms with van der Waals surface area (Å²) in [6.45, 7) is 0. The van der Waals surface area contributed by atoms with Crippen LogP contribution < -0.4 is 4.90 Å². The molecule has 0 aliphatic heterocycles. The number of hydrogen-bond acceptors (Lipinski definition) is 2. The molecule has 0 saturated heterocycles. The van der Waals surface area contributed by atoms with Crippen LogP contribution in [0.15, 0.2) is 97.1 Å². The molecule has 2 nitrogen and oxygen atoms in total. The fourth-order valence-corrected chi connectivity index (χ4v) is 3.19. The number of carbonyl (C=O) groups is 1. The second kappa shape index (κ2) is 7.82. The van der Waals surface area contributed by atoms with Crippen LogP contribution >= 0.6 is 0 Å². The van der Waals surface area contributed by atoms with Gasteiger partial charge in [-0.2, -0.15) is 0 Å². The molecule has 0 aliphatic carbocycles. The van der Waals surface area contributed by atoms with Crippen molar-refractivity contribution in [3.05, 3.63) is 108 Å². The molecule has 0 fully saturated rings. The lowest BCUT2D eigenvalue weighted by molar-refractivity contribution is 0.105. The number of anilines is 2. The third kappa shape index (κ3) is 3.65. The van der Waals surface area contributed by atoms with Gasteiger partial charge in [-0.1, -0.05) is 66.6 Å². The van der Waals surface area contributed by atoms with Gasteiger partial charge in [0.25, 0.3) is 0 Å². The number of hydrogen-bond donors (Lipinski definition) is 0. The number of carbonyl (C=O) groups excluding carboxylic acids is 1. The van der Waals surface area contributed by atoms with Gasteiger partial charge in [-0.25, -0.2) is 0 Å². The van der Waals surface area contributed by atoms with Crippen LogP contribution in [0.3, 0.4) is 0 Å². The first-order valence-corrected chi connectivity index (χ1v) is 9.15. The van der Waals surface area contributed by atoms with Crippen molar-refractivity contribution in [2.24, 2.45) is 0 Å². The Morgan fingerprint density at radius 2 is 1.43 bits per heavy atom. The Bertz CT molecular complexity index is 1200. The molecule has 0 unspecified atom stereocenters. The number of benzene rings is 4. The Morgan fingerprint density at radius 3 is 2.25 bits per heavy atom. The number of fused-ring (bicyclic) bond motifs is 1. The molecule has 0 spiro atoms. The Labute approximate surface area is 165 Å². The zero-order chi connectivity index (χ0) is 19.3. The predicted octanol–water partition coefficient (Wildman–Crippen LogP) is 5.84. The van der Waals surface area contributed by atoms with Crippen molar-refractivity contribution >= 4 is 27.9 Å². The summed E-state index contributed by atoms with van der Waals surface area (Å²) in [7, 11) is 2.00. The second-order valence-corrected chi connectivity index (χ2v) is 6.55. The monoisotopic (exact) mass is 361 g/mol. The minimum atomic E-state index is -0.178. The lowest BCUT2D eigenvalue weighted by Crippen LogP contribution is -2.10. The smallest absolute Gasteiger partial charge is 0.236 e. The van der Waals surface area contributed by atoms with E-state index in [1.54, 1.807) is 0 Å². The molecule has 0 radical (unpaired) electrons. The summed E-state index contributed by atoms with van der Waals surface area (Å²) in [6.07, 6.45) is 0. The normalized spacial score (nSPS) is 10.2. The molecular weight excluding hydrogens is 342 g/mol. The third-order valence-electron chi connectivity index (χ3n) is 4.73. The SMILES string of the molecule is CN(c1ccccc1)c1ccccc1C#CC(=O)c1ccc2ccccc2c1. The van der Waals surface area contributed by atoms with Crippen LogP contribution in [-0.4, -0.2) is 12.8 Å². The van der Waals surface area contributed by atoms with E-state index in [9.17, 15) is 4.79 Å². The molecule has 4 rings (SSSR count). The highest BCUT2D eigenvalue weighted by molar-refractivity contribution is 6.11. The zero-order valence-electron chi connectivity index (χ0n) is 15.6. The summed E-state index contributed by atoms with van der Waals surface area (Å²) in [6, 6.07) is 31.6. The number of ketones is 1. The van der Waals surface area contributed by atoms with Crippen LogP contribution in [0.25, 0.3) is 10.8 Å². The molecule has 0 amide bonds. The summed E-state index contributed by atoms with van der Waals surface area (Å²) in [5.41, 5.74) is 3.47. The highest BCUT2D eigenvalue weighted by Gasteiger charge is 2.08. The summed E-state index contributed by atoms with van der Waals surface area (Å²) >= 11 is 0. The summed E-state index contributed by atoms with van der Waals surface area (Å²) in [5.74, 6) is 5.70. The molecular formula is C26H19NO. The molecule has 134 valence electrons. The van der Waals surface area contributed by atoms with Crippen LogP contribution in [-0.2, 0) is 0 Å². The first-order chi connectivity index (χ1) is 13.7. The van der Waals surface area contributed by atoms with Crippen molar-refractivity contribution in [2.75, 3.05) is 11.9 Å². The molecule has 2 heteroatoms. The molecule has 0 aliphatic rings. The Morgan fingerprint density at radius 1 is 0.750 bits per heavy atom. The van der Waals surface area contributed by atoms with E-state index in [0.717, 1.165) is 27.7 Å². The Hall–Kier alpha value is -3.83. The maximum atomic E-state index is 12.6. The van der Waals surface area contributed by atoms with Crippen molar-refractivity contribution in [3.63, 3.8) is 0 Å². The lowest BCUT2D eigenvalue weighted by atomic mass is 10.0. The first kappa shape index (κ1) is 17.6. The van der Waals surface area contributed by atoms with Crippen molar-refractivity contribution < 1.29 is 4.79 Å². The van der Waals surface area contributed by atoms with Gasteiger partial charge < -0.3 is 4.90 Å². The van der Waals surface area contributed by atoms with E-state index in [1.807, 2.05) is 104 Å². The number of rotatable bonds is 3. The van der Waals surface area contributed by atoms with Crippen LogP contribution in [0, 0.1) is 11.8 Å². The van der Waals surface area contributed by atoms with Gasteiger partial charge in [0.2, 0.25) is 5.78 Å². The van der Waals surface area contributed by atoms with Gasteiger partial charge in [0, 0.05) is 23.9 Å². The minimum absolute atomic E-state index is 0.178. The van der Waals surface area contributed by atoms with Crippen LogP contribution in [0.4, 0.5) is 11.4 Å². The van der Waals surface area contributed by atoms with Gasteiger partial charge in [-0.15, -0.1) is 0 Å². The quantitative estimate of drug-likeness (QED) is 0.337. The van der Waals surface area contributed by atoms with Crippen LogP contribution in [0.5, 0.6) is 0 Å². The van der Waals surface area contributed by atoms with E-state index < -0.39 is 0 Å². The van der Waals surface area contributed by atoms with Gasteiger partial charge in [0.15, 0.2) is 0 Å². The van der Waals surface area contributed by atoms with E-state index in [1.165, 1.54) is 0 Å². The molecule has 4 aromatic carbocycles. The van der Waals surface area contributed by atoms with Gasteiger partial charge in [0.05, 0.1) is 5.69 Å². The van der Waals surface area contributed by atoms with Gasteiger partial charge in [0.1, 0.15) is 0 Å². The molecule has 0 aromatic heterocycles. The van der Waals surface area contributed by atoms with E-state index in [2.05, 4.69) is 16.7 Å². The average molecular weight is 361 g/mol. The van der Waals surface area contributed by atoms with Gasteiger partial charge in [-0.3, -0.25) is 4.79 Å². The van der Waals surface area contributed by atoms with Crippen LogP contribution in [0.1, 0.15) is 15.9 Å². The highest BCUT2D eigenvalue weighted by Crippen LogP contribution is 2.26. The molecule has 0 heterocycles. The zero-order valence-corrected chi connectivity index (χ0v) is 15.6. The van der Waals surface area contributed by atoms with Crippen LogP contribution in [0.2, 0.25) is 0 Å². The number of nitrogens with zero attached hydrogens (tertiary/aromatic N) is 1. The fraction of sp³-hybridized carbons (Fsp3) is 0.0385. The Kier molecular flexibility index (Phi) is 4.91. The summed E-state index contributed by atoms with van der Waals surface area (Å²) in [4.78, 5) is 14.7. The third-order valence-corrected chi connectivity index (χ3v) is 4.73. The predicted molar refractivity (Wildman–Crippen MR) is 116 cm³/mol. The van der Waals surface area contributed by atoms with Crippen molar-refractivity contribution in [2.45, 2.75) is 0 Å². The first-order valence-electron chi connectivity index (χ1n) is 9.15. The van der Waals surface area contributed by atoms with Crippen molar-refractivity contribution in [1.82, 2.24) is 0 Å². The van der Waals surface area contributed by atoms with E-state index >= 15 is 0 Å². The maximum absolute atomic E-state index is 12.6. The standard InChI is InChI=1S/C26H19NO/c1-27(24-12-3-2-4-13-24)25-14-8-7-10-21(25)17-18-26(28)23-16-15-20-9-5-6-11-22(20)19-23/h2-16,19H,1H3. The highest BCUT2D eigenvalue weighted by atomic mass is 16.1. The second-order valence-electron chi connectivity index (χ2n) is 6.55.